The van der Waals surface area contributed by atoms with Crippen LogP contribution in [0.2, 0.25) is 0 Å². The van der Waals surface area contributed by atoms with E-state index in [-0.39, 0.29) is 29.9 Å². The lowest BCUT2D eigenvalue weighted by Gasteiger charge is -2.10. The van der Waals surface area contributed by atoms with E-state index in [1.807, 2.05) is 13.0 Å². The lowest BCUT2D eigenvalue weighted by molar-refractivity contribution is -0.116. The third kappa shape index (κ3) is 6.46. The molecule has 0 atom stereocenters. The van der Waals surface area contributed by atoms with Gasteiger partial charge in [-0.25, -0.2) is 0 Å². The van der Waals surface area contributed by atoms with Crippen molar-refractivity contribution in [1.29, 1.82) is 0 Å². The summed E-state index contributed by atoms with van der Waals surface area (Å²) in [6.45, 7) is 2.70. The lowest BCUT2D eigenvalue weighted by Crippen LogP contribution is -2.26. The highest BCUT2D eigenvalue weighted by Gasteiger charge is 2.12. The molecular weight excluding hydrogens is 410 g/mol. The minimum absolute atomic E-state index is 0.165. The molecule has 0 spiro atoms. The Morgan fingerprint density at radius 3 is 2.28 bits per heavy atom. The molecule has 0 unspecified atom stereocenters. The highest BCUT2D eigenvalue weighted by Crippen LogP contribution is 2.18. The van der Waals surface area contributed by atoms with Crippen LogP contribution < -0.4 is 20.7 Å². The Morgan fingerprint density at radius 2 is 1.59 bits per heavy atom. The van der Waals surface area contributed by atoms with Gasteiger partial charge in [0.2, 0.25) is 5.91 Å². The highest BCUT2D eigenvalue weighted by atomic mass is 16.5. The van der Waals surface area contributed by atoms with Gasteiger partial charge in [0.05, 0.1) is 18.4 Å². The first-order chi connectivity index (χ1) is 15.6. The van der Waals surface area contributed by atoms with Crippen molar-refractivity contribution >= 4 is 29.1 Å². The van der Waals surface area contributed by atoms with Crippen LogP contribution in [-0.4, -0.2) is 30.9 Å². The average Bonchev–Trinajstić information content (AvgIpc) is 3.34. The quantitative estimate of drug-likeness (QED) is 0.416. The van der Waals surface area contributed by atoms with E-state index in [4.69, 9.17) is 9.15 Å². The van der Waals surface area contributed by atoms with Crippen molar-refractivity contribution in [2.75, 3.05) is 23.8 Å². The number of hydrogen-bond acceptors (Lipinski definition) is 5. The molecule has 0 saturated carbocycles. The second-order valence-corrected chi connectivity index (χ2v) is 6.85. The van der Waals surface area contributed by atoms with E-state index in [0.29, 0.717) is 42.3 Å². The van der Waals surface area contributed by atoms with E-state index in [2.05, 4.69) is 16.0 Å². The van der Waals surface area contributed by atoms with Gasteiger partial charge >= 0.3 is 0 Å². The molecule has 3 rings (SSSR count). The zero-order valence-corrected chi connectivity index (χ0v) is 17.7. The van der Waals surface area contributed by atoms with Crippen LogP contribution in [0.5, 0.6) is 5.75 Å². The Balaban J connectivity index is 1.39. The van der Waals surface area contributed by atoms with Crippen molar-refractivity contribution in [3.05, 3.63) is 78.3 Å². The lowest BCUT2D eigenvalue weighted by atomic mass is 10.2. The van der Waals surface area contributed by atoms with Gasteiger partial charge in [-0.2, -0.15) is 0 Å². The topological polar surface area (TPSA) is 110 Å². The second kappa shape index (κ2) is 11.4. The third-order valence-corrected chi connectivity index (χ3v) is 4.47. The SMILES string of the molecule is CCOc1ccccc1C(=O)NCCCC(=O)Nc1ccc(NC(=O)c2ccco2)cc1. The number of carbonyl (C=O) groups is 3. The Hall–Kier alpha value is -4.07. The maximum atomic E-state index is 12.3. The summed E-state index contributed by atoms with van der Waals surface area (Å²) in [5.41, 5.74) is 1.66. The zero-order chi connectivity index (χ0) is 22.8. The zero-order valence-electron chi connectivity index (χ0n) is 17.7. The largest absolute Gasteiger partial charge is 0.493 e. The number of furan rings is 1. The number of benzene rings is 2. The van der Waals surface area contributed by atoms with Gasteiger partial charge in [-0.1, -0.05) is 12.1 Å². The number of para-hydroxylation sites is 1. The summed E-state index contributed by atoms with van der Waals surface area (Å²) in [6.07, 6.45) is 2.18. The molecule has 3 aromatic rings. The molecule has 0 aliphatic carbocycles. The van der Waals surface area contributed by atoms with Gasteiger partial charge in [0.25, 0.3) is 11.8 Å². The number of nitrogens with one attached hydrogen (secondary N) is 3. The van der Waals surface area contributed by atoms with Crippen molar-refractivity contribution in [1.82, 2.24) is 5.32 Å². The molecule has 1 aromatic heterocycles. The van der Waals surface area contributed by atoms with Gasteiger partial charge in [0.15, 0.2) is 5.76 Å². The monoisotopic (exact) mass is 435 g/mol. The molecule has 0 radical (unpaired) electrons. The summed E-state index contributed by atoms with van der Waals surface area (Å²) in [5.74, 6) is 0.00517. The summed E-state index contributed by atoms with van der Waals surface area (Å²) in [6, 6.07) is 17.0. The fraction of sp³-hybridized carbons (Fsp3) is 0.208. The van der Waals surface area contributed by atoms with Crippen molar-refractivity contribution < 1.29 is 23.5 Å². The first-order valence-corrected chi connectivity index (χ1v) is 10.3. The molecule has 0 saturated heterocycles. The fourth-order valence-electron chi connectivity index (χ4n) is 2.94. The highest BCUT2D eigenvalue weighted by molar-refractivity contribution is 6.02. The van der Waals surface area contributed by atoms with Crippen molar-refractivity contribution in [2.45, 2.75) is 19.8 Å². The van der Waals surface area contributed by atoms with Gasteiger partial charge in [-0.05, 0) is 61.9 Å². The third-order valence-electron chi connectivity index (χ3n) is 4.47. The molecule has 0 aliphatic rings. The molecule has 3 amide bonds. The van der Waals surface area contributed by atoms with E-state index < -0.39 is 0 Å². The molecule has 1 heterocycles. The van der Waals surface area contributed by atoms with Crippen molar-refractivity contribution in [3.63, 3.8) is 0 Å². The Kier molecular flexibility index (Phi) is 8.02. The van der Waals surface area contributed by atoms with Crippen LogP contribution in [0.25, 0.3) is 0 Å². The van der Waals surface area contributed by atoms with Crippen LogP contribution in [0, 0.1) is 0 Å². The summed E-state index contributed by atoms with van der Waals surface area (Å²) in [5, 5.41) is 8.31. The predicted molar refractivity (Wildman–Crippen MR) is 121 cm³/mol. The summed E-state index contributed by atoms with van der Waals surface area (Å²) >= 11 is 0. The normalized spacial score (nSPS) is 10.3. The minimum atomic E-state index is -0.349. The Labute approximate surface area is 186 Å². The molecule has 3 N–H and O–H groups in total. The summed E-state index contributed by atoms with van der Waals surface area (Å²) in [7, 11) is 0. The molecule has 0 bridgehead atoms. The number of carbonyl (C=O) groups excluding carboxylic acids is 3. The van der Waals surface area contributed by atoms with Crippen LogP contribution in [0.4, 0.5) is 11.4 Å². The molecular formula is C24H25N3O5. The van der Waals surface area contributed by atoms with E-state index >= 15 is 0 Å². The van der Waals surface area contributed by atoms with E-state index in [0.717, 1.165) is 0 Å². The average molecular weight is 435 g/mol. The molecule has 8 nitrogen and oxygen atoms in total. The van der Waals surface area contributed by atoms with Crippen LogP contribution in [0.3, 0.4) is 0 Å². The first-order valence-electron chi connectivity index (χ1n) is 10.3. The van der Waals surface area contributed by atoms with Gasteiger partial charge in [0, 0.05) is 24.3 Å². The Bertz CT molecular complexity index is 1050. The van der Waals surface area contributed by atoms with Gasteiger partial charge in [-0.3, -0.25) is 14.4 Å². The minimum Gasteiger partial charge on any atom is -0.493 e. The summed E-state index contributed by atoms with van der Waals surface area (Å²) < 4.78 is 10.5. The number of ether oxygens (including phenoxy) is 1. The molecule has 0 fully saturated rings. The van der Waals surface area contributed by atoms with Crippen LogP contribution in [0.1, 0.15) is 40.7 Å². The molecule has 8 heteroatoms. The number of anilines is 2. The van der Waals surface area contributed by atoms with Gasteiger partial charge in [-0.15, -0.1) is 0 Å². The maximum absolute atomic E-state index is 12.3. The van der Waals surface area contributed by atoms with E-state index in [1.54, 1.807) is 54.6 Å². The number of rotatable bonds is 10. The smallest absolute Gasteiger partial charge is 0.291 e. The van der Waals surface area contributed by atoms with Gasteiger partial charge < -0.3 is 25.1 Å². The van der Waals surface area contributed by atoms with Gasteiger partial charge in [0.1, 0.15) is 5.75 Å². The number of hydrogen-bond donors (Lipinski definition) is 3. The standard InChI is InChI=1S/C24H25N3O5/c1-2-31-20-8-4-3-7-19(20)23(29)25-15-5-10-22(28)26-17-11-13-18(14-12-17)27-24(30)21-9-6-16-32-21/h3-4,6-9,11-14,16H,2,5,10,15H2,1H3,(H,25,29)(H,26,28)(H,27,30). The molecule has 0 aliphatic heterocycles. The second-order valence-electron chi connectivity index (χ2n) is 6.85. The van der Waals surface area contributed by atoms with Crippen LogP contribution >= 0.6 is 0 Å². The molecule has 166 valence electrons. The maximum Gasteiger partial charge on any atom is 0.291 e. The van der Waals surface area contributed by atoms with E-state index in [9.17, 15) is 14.4 Å². The van der Waals surface area contributed by atoms with Crippen LogP contribution in [0.15, 0.2) is 71.3 Å². The number of amides is 3. The fourth-order valence-corrected chi connectivity index (χ4v) is 2.94. The first kappa shape index (κ1) is 22.6. The van der Waals surface area contributed by atoms with Crippen LogP contribution in [-0.2, 0) is 4.79 Å². The van der Waals surface area contributed by atoms with Crippen molar-refractivity contribution in [2.24, 2.45) is 0 Å². The van der Waals surface area contributed by atoms with E-state index in [1.165, 1.54) is 6.26 Å². The summed E-state index contributed by atoms with van der Waals surface area (Å²) in [4.78, 5) is 36.5. The molecule has 32 heavy (non-hydrogen) atoms. The molecule has 2 aromatic carbocycles. The predicted octanol–water partition coefficient (Wildman–Crippen LogP) is 4.08. The Morgan fingerprint density at radius 1 is 0.875 bits per heavy atom. The van der Waals surface area contributed by atoms with Crippen molar-refractivity contribution in [3.8, 4) is 5.75 Å².